The molecule has 0 unspecified atom stereocenters. The molecule has 0 spiro atoms. The van der Waals surface area contributed by atoms with E-state index in [1.165, 1.54) is 5.39 Å². The number of fused-ring (bicyclic) bond motifs is 1. The number of hydrogen-bond acceptors (Lipinski definition) is 3. The zero-order valence-electron chi connectivity index (χ0n) is 9.71. The number of hydrogen-bond donors (Lipinski definition) is 1. The Morgan fingerprint density at radius 1 is 0.833 bits per heavy atom. The van der Waals surface area contributed by atoms with Crippen LogP contribution in [0.3, 0.4) is 0 Å². The van der Waals surface area contributed by atoms with Crippen molar-refractivity contribution in [3.8, 4) is 11.5 Å². The molecule has 0 bridgehead atoms. The zero-order valence-corrected chi connectivity index (χ0v) is 9.71. The number of rotatable bonds is 2. The van der Waals surface area contributed by atoms with E-state index < -0.39 is 0 Å². The molecule has 0 aliphatic carbocycles. The lowest BCUT2D eigenvalue weighted by atomic mass is 10.1. The maximum Gasteiger partial charge on any atom is 0.147 e. The van der Waals surface area contributed by atoms with Gasteiger partial charge in [-0.15, -0.1) is 0 Å². The molecular weight excluding hydrogens is 224 g/mol. The summed E-state index contributed by atoms with van der Waals surface area (Å²) < 4.78 is 5.72. The zero-order chi connectivity index (χ0) is 12.4. The predicted molar refractivity (Wildman–Crippen MR) is 72.7 cm³/mol. The van der Waals surface area contributed by atoms with Gasteiger partial charge in [-0.2, -0.15) is 0 Å². The first-order chi connectivity index (χ1) is 8.81. The van der Waals surface area contributed by atoms with Gasteiger partial charge >= 0.3 is 0 Å². The van der Waals surface area contributed by atoms with E-state index in [1.54, 1.807) is 18.5 Å². The topological polar surface area (TPSA) is 48.1 Å². The first kappa shape index (κ1) is 10.6. The summed E-state index contributed by atoms with van der Waals surface area (Å²) in [6.07, 6.45) is 3.23. The second-order valence-corrected chi connectivity index (χ2v) is 4.06. The third kappa shape index (κ3) is 2.11. The Hall–Kier alpha value is -2.55. The van der Waals surface area contributed by atoms with Crippen LogP contribution in [0.5, 0.6) is 11.5 Å². The summed E-state index contributed by atoms with van der Waals surface area (Å²) in [4.78, 5) is 3.99. The van der Waals surface area contributed by atoms with Gasteiger partial charge in [-0.05, 0) is 22.9 Å². The Bertz CT molecular complexity index is 695. The highest BCUT2D eigenvalue weighted by molar-refractivity contribution is 5.83. The van der Waals surface area contributed by atoms with Crippen LogP contribution in [0.2, 0.25) is 0 Å². The Morgan fingerprint density at radius 2 is 1.67 bits per heavy atom. The number of anilines is 1. The molecule has 0 amide bonds. The summed E-state index contributed by atoms with van der Waals surface area (Å²) in [5.74, 6) is 1.42. The molecule has 0 saturated carbocycles. The van der Waals surface area contributed by atoms with Crippen LogP contribution in [-0.2, 0) is 0 Å². The Kier molecular flexibility index (Phi) is 2.57. The second-order valence-electron chi connectivity index (χ2n) is 4.06. The third-order valence-corrected chi connectivity index (χ3v) is 2.69. The Labute approximate surface area is 105 Å². The molecule has 18 heavy (non-hydrogen) atoms. The smallest absolute Gasteiger partial charge is 0.147 e. The largest absolute Gasteiger partial charge is 0.456 e. The quantitative estimate of drug-likeness (QED) is 0.739. The fourth-order valence-corrected chi connectivity index (χ4v) is 1.86. The molecule has 1 heterocycles. The minimum atomic E-state index is 0.591. The third-order valence-electron chi connectivity index (χ3n) is 2.69. The van der Waals surface area contributed by atoms with Gasteiger partial charge in [0.15, 0.2) is 0 Å². The maximum atomic E-state index is 5.72. The summed E-state index contributed by atoms with van der Waals surface area (Å²) in [6.45, 7) is 0. The molecule has 1 aromatic heterocycles. The standard InChI is InChI=1S/C15H12N2O/c16-13-8-15(10-17-9-13)18-14-6-5-11-3-1-2-4-12(11)7-14/h1-10H,16H2. The van der Waals surface area contributed by atoms with E-state index in [-0.39, 0.29) is 0 Å². The first-order valence-corrected chi connectivity index (χ1v) is 5.68. The number of nitrogen functional groups attached to an aromatic ring is 1. The molecule has 0 aliphatic heterocycles. The number of aromatic nitrogens is 1. The molecular formula is C15H12N2O. The van der Waals surface area contributed by atoms with Crippen LogP contribution in [0.15, 0.2) is 60.9 Å². The minimum absolute atomic E-state index is 0.591. The van der Waals surface area contributed by atoms with Gasteiger partial charge in [0.25, 0.3) is 0 Å². The lowest BCUT2D eigenvalue weighted by molar-refractivity contribution is 0.481. The SMILES string of the molecule is Nc1cncc(Oc2ccc3ccccc3c2)c1. The Balaban J connectivity index is 1.95. The van der Waals surface area contributed by atoms with Crippen molar-refractivity contribution in [1.29, 1.82) is 0 Å². The molecule has 3 nitrogen and oxygen atoms in total. The van der Waals surface area contributed by atoms with Crippen LogP contribution in [0.4, 0.5) is 5.69 Å². The number of nitrogens with zero attached hydrogens (tertiary/aromatic N) is 1. The van der Waals surface area contributed by atoms with E-state index in [1.807, 2.05) is 30.3 Å². The van der Waals surface area contributed by atoms with Gasteiger partial charge in [-0.1, -0.05) is 30.3 Å². The first-order valence-electron chi connectivity index (χ1n) is 5.68. The highest BCUT2D eigenvalue weighted by atomic mass is 16.5. The highest BCUT2D eigenvalue weighted by Gasteiger charge is 2.00. The molecule has 2 aromatic carbocycles. The second kappa shape index (κ2) is 4.37. The van der Waals surface area contributed by atoms with E-state index in [4.69, 9.17) is 10.5 Å². The molecule has 3 heteroatoms. The lowest BCUT2D eigenvalue weighted by Crippen LogP contribution is -1.89. The molecule has 3 aromatic rings. The average molecular weight is 236 g/mol. The van der Waals surface area contributed by atoms with Crippen molar-refractivity contribution in [2.45, 2.75) is 0 Å². The fourth-order valence-electron chi connectivity index (χ4n) is 1.86. The van der Waals surface area contributed by atoms with Crippen molar-refractivity contribution in [3.05, 3.63) is 60.9 Å². The number of benzene rings is 2. The van der Waals surface area contributed by atoms with E-state index in [0.29, 0.717) is 11.4 Å². The summed E-state index contributed by atoms with van der Waals surface area (Å²) in [6, 6.07) is 15.9. The van der Waals surface area contributed by atoms with Crippen LogP contribution >= 0.6 is 0 Å². The minimum Gasteiger partial charge on any atom is -0.456 e. The van der Waals surface area contributed by atoms with E-state index in [9.17, 15) is 0 Å². The van der Waals surface area contributed by atoms with Gasteiger partial charge in [0, 0.05) is 6.07 Å². The number of nitrogens with two attached hydrogens (primary N) is 1. The van der Waals surface area contributed by atoms with Gasteiger partial charge in [0.1, 0.15) is 11.5 Å². The van der Waals surface area contributed by atoms with Gasteiger partial charge in [-0.25, -0.2) is 0 Å². The summed E-state index contributed by atoms with van der Waals surface area (Å²) in [5.41, 5.74) is 6.25. The van der Waals surface area contributed by atoms with E-state index in [0.717, 1.165) is 11.1 Å². The van der Waals surface area contributed by atoms with Crippen molar-refractivity contribution in [2.75, 3.05) is 5.73 Å². The van der Waals surface area contributed by atoms with Crippen LogP contribution in [0, 0.1) is 0 Å². The van der Waals surface area contributed by atoms with E-state index in [2.05, 4.69) is 17.1 Å². The lowest BCUT2D eigenvalue weighted by Gasteiger charge is -2.06. The van der Waals surface area contributed by atoms with Crippen LogP contribution in [0.25, 0.3) is 10.8 Å². The van der Waals surface area contributed by atoms with Gasteiger partial charge in [-0.3, -0.25) is 4.98 Å². The molecule has 0 fully saturated rings. The van der Waals surface area contributed by atoms with E-state index >= 15 is 0 Å². The van der Waals surface area contributed by atoms with Crippen molar-refractivity contribution >= 4 is 16.5 Å². The van der Waals surface area contributed by atoms with Gasteiger partial charge in [0.05, 0.1) is 18.1 Å². The van der Waals surface area contributed by atoms with Crippen molar-refractivity contribution < 1.29 is 4.74 Å². The summed E-state index contributed by atoms with van der Waals surface area (Å²) >= 11 is 0. The molecule has 0 atom stereocenters. The monoisotopic (exact) mass is 236 g/mol. The molecule has 0 aliphatic rings. The van der Waals surface area contributed by atoms with Gasteiger partial charge < -0.3 is 10.5 Å². The predicted octanol–water partition coefficient (Wildman–Crippen LogP) is 3.61. The molecule has 2 N–H and O–H groups in total. The van der Waals surface area contributed by atoms with Crippen LogP contribution < -0.4 is 10.5 Å². The number of ether oxygens (including phenoxy) is 1. The fraction of sp³-hybridized carbons (Fsp3) is 0. The normalized spacial score (nSPS) is 10.4. The van der Waals surface area contributed by atoms with Crippen molar-refractivity contribution in [2.24, 2.45) is 0 Å². The molecule has 0 saturated heterocycles. The maximum absolute atomic E-state index is 5.72. The molecule has 3 rings (SSSR count). The van der Waals surface area contributed by atoms with Crippen molar-refractivity contribution in [3.63, 3.8) is 0 Å². The Morgan fingerprint density at radius 3 is 2.50 bits per heavy atom. The number of pyridine rings is 1. The summed E-state index contributed by atoms with van der Waals surface area (Å²) in [5, 5.41) is 2.34. The average Bonchev–Trinajstić information content (AvgIpc) is 2.39. The molecule has 88 valence electrons. The van der Waals surface area contributed by atoms with Crippen LogP contribution in [-0.4, -0.2) is 4.98 Å². The van der Waals surface area contributed by atoms with Crippen LogP contribution in [0.1, 0.15) is 0 Å². The summed E-state index contributed by atoms with van der Waals surface area (Å²) in [7, 11) is 0. The van der Waals surface area contributed by atoms with Gasteiger partial charge in [0.2, 0.25) is 0 Å². The molecule has 0 radical (unpaired) electrons. The highest BCUT2D eigenvalue weighted by Crippen LogP contribution is 2.25. The van der Waals surface area contributed by atoms with Crippen molar-refractivity contribution in [1.82, 2.24) is 4.98 Å².